The van der Waals surface area contributed by atoms with E-state index >= 15 is 0 Å². The molecule has 5 nitrogen and oxygen atoms in total. The summed E-state index contributed by atoms with van der Waals surface area (Å²) in [6.45, 7) is 1.43. The van der Waals surface area contributed by atoms with Gasteiger partial charge < -0.3 is 10.4 Å². The van der Waals surface area contributed by atoms with Gasteiger partial charge in [-0.25, -0.2) is 4.79 Å². The molecule has 1 atom stereocenters. The van der Waals surface area contributed by atoms with Gasteiger partial charge in [0, 0.05) is 18.2 Å². The van der Waals surface area contributed by atoms with Crippen LogP contribution in [0.3, 0.4) is 0 Å². The minimum absolute atomic E-state index is 0.106. The third-order valence-corrected chi connectivity index (χ3v) is 4.89. The molecule has 0 aromatic heterocycles. The maximum Gasteiger partial charge on any atom is 0.326 e. The molecular formula is C22H23NO4S. The molecule has 146 valence electrons. The Bertz CT molecular complexity index is 834. The molecule has 6 heteroatoms. The molecule has 28 heavy (non-hydrogen) atoms. The van der Waals surface area contributed by atoms with E-state index in [1.807, 2.05) is 60.7 Å². The quantitative estimate of drug-likeness (QED) is 0.632. The van der Waals surface area contributed by atoms with Crippen LogP contribution in [0.25, 0.3) is 6.08 Å². The number of rotatable bonds is 9. The number of carboxylic acids is 1. The van der Waals surface area contributed by atoms with Crippen LogP contribution in [0, 0.1) is 0 Å². The van der Waals surface area contributed by atoms with Gasteiger partial charge in [0.1, 0.15) is 6.04 Å². The van der Waals surface area contributed by atoms with Gasteiger partial charge in [0.25, 0.3) is 0 Å². The standard InChI is InChI=1S/C22H23NO4S/c1-16(24)28-15-19(14-18-10-6-3-7-11-18)21(25)23-20(22(26)27)13-12-17-8-4-2-5-9-17/h2-11,14,20H,12-13,15H2,1H3,(H,23,25)(H,26,27)/b19-14-/t20-/m0/s1. The van der Waals surface area contributed by atoms with Crippen LogP contribution in [0.2, 0.25) is 0 Å². The number of hydrogen-bond donors (Lipinski definition) is 2. The summed E-state index contributed by atoms with van der Waals surface area (Å²) in [5, 5.41) is 12.0. The van der Waals surface area contributed by atoms with E-state index in [0.717, 1.165) is 22.9 Å². The fourth-order valence-electron chi connectivity index (χ4n) is 2.57. The predicted octanol–water partition coefficient (Wildman–Crippen LogP) is 3.55. The summed E-state index contributed by atoms with van der Waals surface area (Å²) in [4.78, 5) is 35.7. The summed E-state index contributed by atoms with van der Waals surface area (Å²) < 4.78 is 0. The normalized spacial score (nSPS) is 12.2. The molecule has 0 aliphatic carbocycles. The molecule has 0 unspecified atom stereocenters. The lowest BCUT2D eigenvalue weighted by Crippen LogP contribution is -2.42. The molecular weight excluding hydrogens is 374 g/mol. The zero-order valence-electron chi connectivity index (χ0n) is 15.6. The average Bonchev–Trinajstić information content (AvgIpc) is 2.69. The van der Waals surface area contributed by atoms with Crippen molar-refractivity contribution < 1.29 is 19.5 Å². The summed E-state index contributed by atoms with van der Waals surface area (Å²) in [7, 11) is 0. The maximum atomic E-state index is 12.7. The van der Waals surface area contributed by atoms with E-state index in [1.165, 1.54) is 6.92 Å². The molecule has 0 saturated heterocycles. The van der Waals surface area contributed by atoms with E-state index in [-0.39, 0.29) is 17.3 Å². The highest BCUT2D eigenvalue weighted by Crippen LogP contribution is 2.15. The molecule has 0 radical (unpaired) electrons. The van der Waals surface area contributed by atoms with Crippen LogP contribution < -0.4 is 5.32 Å². The number of aryl methyl sites for hydroxylation is 1. The number of benzene rings is 2. The lowest BCUT2D eigenvalue weighted by atomic mass is 10.0. The number of carboxylic acid groups (broad SMARTS) is 1. The highest BCUT2D eigenvalue weighted by atomic mass is 32.2. The van der Waals surface area contributed by atoms with Crippen molar-refractivity contribution in [1.29, 1.82) is 0 Å². The van der Waals surface area contributed by atoms with Crippen molar-refractivity contribution >= 4 is 34.8 Å². The van der Waals surface area contributed by atoms with Crippen molar-refractivity contribution in [1.82, 2.24) is 5.32 Å². The number of nitrogens with one attached hydrogen (secondary N) is 1. The van der Waals surface area contributed by atoms with Crippen molar-refractivity contribution in [2.45, 2.75) is 25.8 Å². The summed E-state index contributed by atoms with van der Waals surface area (Å²) in [6, 6.07) is 17.8. The van der Waals surface area contributed by atoms with Crippen molar-refractivity contribution in [3.8, 4) is 0 Å². The van der Waals surface area contributed by atoms with E-state index in [4.69, 9.17) is 0 Å². The highest BCUT2D eigenvalue weighted by molar-refractivity contribution is 8.13. The second-order valence-corrected chi connectivity index (χ2v) is 7.40. The average molecular weight is 397 g/mol. The first kappa shape index (κ1) is 21.4. The summed E-state index contributed by atoms with van der Waals surface area (Å²) in [6.07, 6.45) is 2.50. The van der Waals surface area contributed by atoms with Crippen molar-refractivity contribution in [2.75, 3.05) is 5.75 Å². The van der Waals surface area contributed by atoms with Crippen molar-refractivity contribution in [3.05, 3.63) is 77.4 Å². The number of hydrogen-bond acceptors (Lipinski definition) is 4. The van der Waals surface area contributed by atoms with Crippen molar-refractivity contribution in [3.63, 3.8) is 0 Å². The lowest BCUT2D eigenvalue weighted by molar-refractivity contribution is -0.141. The Labute approximate surface area is 168 Å². The molecule has 2 N–H and O–H groups in total. The van der Waals surface area contributed by atoms with Gasteiger partial charge in [0.15, 0.2) is 5.12 Å². The van der Waals surface area contributed by atoms with Crippen molar-refractivity contribution in [2.24, 2.45) is 0 Å². The molecule has 0 spiro atoms. The Morgan fingerprint density at radius 2 is 1.64 bits per heavy atom. The molecule has 0 fully saturated rings. The molecule has 0 aliphatic rings. The number of carbonyl (C=O) groups excluding carboxylic acids is 2. The molecule has 0 bridgehead atoms. The van der Waals surface area contributed by atoms with E-state index in [2.05, 4.69) is 5.32 Å². The van der Waals surface area contributed by atoms with Gasteiger partial charge in [-0.05, 0) is 30.0 Å². The predicted molar refractivity (Wildman–Crippen MR) is 112 cm³/mol. The topological polar surface area (TPSA) is 83.5 Å². The fraction of sp³-hybridized carbons (Fsp3) is 0.227. The monoisotopic (exact) mass is 397 g/mol. The Balaban J connectivity index is 2.10. The number of carbonyl (C=O) groups is 3. The maximum absolute atomic E-state index is 12.7. The fourth-order valence-corrected chi connectivity index (χ4v) is 3.14. The smallest absolute Gasteiger partial charge is 0.326 e. The molecule has 0 heterocycles. The minimum atomic E-state index is -1.08. The molecule has 2 aromatic carbocycles. The van der Waals surface area contributed by atoms with E-state index in [9.17, 15) is 19.5 Å². The summed E-state index contributed by atoms with van der Waals surface area (Å²) >= 11 is 1.02. The van der Waals surface area contributed by atoms with E-state index in [0.29, 0.717) is 12.0 Å². The third kappa shape index (κ3) is 7.40. The number of amides is 1. The van der Waals surface area contributed by atoms with Gasteiger partial charge in [-0.1, -0.05) is 72.4 Å². The van der Waals surface area contributed by atoms with Gasteiger partial charge >= 0.3 is 5.97 Å². The van der Waals surface area contributed by atoms with Gasteiger partial charge in [-0.2, -0.15) is 0 Å². The van der Waals surface area contributed by atoms with Gasteiger partial charge in [0.2, 0.25) is 5.91 Å². The van der Waals surface area contributed by atoms with Gasteiger partial charge in [-0.3, -0.25) is 9.59 Å². The molecule has 0 saturated carbocycles. The molecule has 2 rings (SSSR count). The SMILES string of the molecule is CC(=O)SC/C(=C/c1ccccc1)C(=O)N[C@@H](CCc1ccccc1)C(=O)O. The Morgan fingerprint density at radius 3 is 2.21 bits per heavy atom. The number of thioether (sulfide) groups is 1. The zero-order valence-corrected chi connectivity index (χ0v) is 16.4. The first-order chi connectivity index (χ1) is 13.5. The Kier molecular flexibility index (Phi) is 8.49. The molecule has 0 aliphatic heterocycles. The number of aliphatic carboxylic acids is 1. The summed E-state index contributed by atoms with van der Waals surface area (Å²) in [5.74, 6) is -1.37. The molecule has 1 amide bonds. The van der Waals surface area contributed by atoms with E-state index in [1.54, 1.807) is 6.08 Å². The van der Waals surface area contributed by atoms with Crippen LogP contribution in [0.4, 0.5) is 0 Å². The van der Waals surface area contributed by atoms with Gasteiger partial charge in [0.05, 0.1) is 0 Å². The third-order valence-electron chi connectivity index (χ3n) is 4.03. The highest BCUT2D eigenvalue weighted by Gasteiger charge is 2.22. The summed E-state index contributed by atoms with van der Waals surface area (Å²) in [5.41, 5.74) is 2.18. The van der Waals surface area contributed by atoms with Gasteiger partial charge in [-0.15, -0.1) is 0 Å². The Morgan fingerprint density at radius 1 is 1.04 bits per heavy atom. The van der Waals surface area contributed by atoms with Crippen LogP contribution in [0.15, 0.2) is 66.2 Å². The zero-order chi connectivity index (χ0) is 20.4. The first-order valence-electron chi connectivity index (χ1n) is 8.92. The Hall–Kier alpha value is -2.86. The van der Waals surface area contributed by atoms with Crippen LogP contribution in [-0.4, -0.2) is 33.9 Å². The lowest BCUT2D eigenvalue weighted by Gasteiger charge is -2.16. The van der Waals surface area contributed by atoms with E-state index < -0.39 is 17.9 Å². The first-order valence-corrected chi connectivity index (χ1v) is 9.91. The second-order valence-electron chi connectivity index (χ2n) is 6.25. The second kappa shape index (κ2) is 11.1. The van der Waals surface area contributed by atoms with Crippen LogP contribution in [0.1, 0.15) is 24.5 Å². The van der Waals surface area contributed by atoms with Crippen LogP contribution in [0.5, 0.6) is 0 Å². The largest absolute Gasteiger partial charge is 0.480 e. The van der Waals surface area contributed by atoms with Crippen LogP contribution >= 0.6 is 11.8 Å². The molecule has 2 aromatic rings. The van der Waals surface area contributed by atoms with Crippen LogP contribution in [-0.2, 0) is 20.8 Å². The minimum Gasteiger partial charge on any atom is -0.480 e.